The zero-order valence-electron chi connectivity index (χ0n) is 25.1. The summed E-state index contributed by atoms with van der Waals surface area (Å²) in [4.78, 5) is 10.8. The monoisotopic (exact) mass is 584 g/mol. The number of fused-ring (bicyclic) bond motifs is 5. The van der Waals surface area contributed by atoms with Gasteiger partial charge in [0.2, 0.25) is 0 Å². The maximum Gasteiger partial charge on any atom is 0.0978 e. The zero-order valence-corrected chi connectivity index (χ0v) is 25.1. The van der Waals surface area contributed by atoms with E-state index in [9.17, 15) is 0 Å². The fourth-order valence-electron chi connectivity index (χ4n) is 6.85. The number of benzene rings is 7. The fraction of sp³-hybridized carbons (Fsp3) is 0. The first kappa shape index (κ1) is 26.3. The van der Waals surface area contributed by atoms with Gasteiger partial charge in [0.05, 0.1) is 22.4 Å². The van der Waals surface area contributed by atoms with Gasteiger partial charge in [0.15, 0.2) is 0 Å². The molecule has 2 heteroatoms. The number of rotatable bonds is 4. The summed E-state index contributed by atoms with van der Waals surface area (Å²) in [6.07, 6.45) is 0. The van der Waals surface area contributed by atoms with Gasteiger partial charge in [-0.15, -0.1) is 0 Å². The molecule has 2 nitrogen and oxygen atoms in total. The minimum Gasteiger partial charge on any atom is -0.245 e. The average Bonchev–Trinajstić information content (AvgIpc) is 3.14. The summed E-state index contributed by atoms with van der Waals surface area (Å²) in [6.45, 7) is 0. The fourth-order valence-corrected chi connectivity index (χ4v) is 6.85. The predicted molar refractivity (Wildman–Crippen MR) is 194 cm³/mol. The van der Waals surface area contributed by atoms with Gasteiger partial charge in [-0.3, -0.25) is 0 Å². The van der Waals surface area contributed by atoms with Crippen molar-refractivity contribution in [3.8, 4) is 44.8 Å². The molecule has 0 unspecified atom stereocenters. The lowest BCUT2D eigenvalue weighted by molar-refractivity contribution is 1.36. The molecule has 9 aromatic rings. The summed E-state index contributed by atoms with van der Waals surface area (Å²) in [7, 11) is 0. The molecule has 0 radical (unpaired) electrons. The van der Waals surface area contributed by atoms with Crippen LogP contribution in [-0.4, -0.2) is 9.97 Å². The van der Waals surface area contributed by atoms with Crippen molar-refractivity contribution in [1.82, 2.24) is 9.97 Å². The molecule has 0 aliphatic rings. The lowest BCUT2D eigenvalue weighted by atomic mass is 9.91. The normalized spacial score (nSPS) is 11.5. The maximum atomic E-state index is 5.41. The Morgan fingerprint density at radius 1 is 0.283 bits per heavy atom. The van der Waals surface area contributed by atoms with Crippen molar-refractivity contribution in [3.05, 3.63) is 170 Å². The van der Waals surface area contributed by atoms with E-state index in [1.807, 2.05) is 0 Å². The van der Waals surface area contributed by atoms with Crippen molar-refractivity contribution in [3.63, 3.8) is 0 Å². The summed E-state index contributed by atoms with van der Waals surface area (Å²) in [5.74, 6) is 0. The standard InChI is InChI=1S/C44H28N2/c1-3-15-31(16-4-1)41-27-39(35-23-11-19-29-13-7-9-21-33(29)35)37-25-26-38-40(36-24-12-20-30-14-8-10-22-34(30)36)28-42(32-17-5-2-6-18-32)46-44(38)43(37)45-41/h1-28H. The van der Waals surface area contributed by atoms with E-state index in [1.54, 1.807) is 0 Å². The Morgan fingerprint density at radius 2 is 0.674 bits per heavy atom. The van der Waals surface area contributed by atoms with Crippen LogP contribution in [0.4, 0.5) is 0 Å². The molecule has 46 heavy (non-hydrogen) atoms. The molecular formula is C44H28N2. The third-order valence-corrected chi connectivity index (χ3v) is 9.06. The molecule has 0 aliphatic carbocycles. The van der Waals surface area contributed by atoms with E-state index in [0.717, 1.165) is 55.4 Å². The highest BCUT2D eigenvalue weighted by atomic mass is 14.8. The Bertz CT molecular complexity index is 2380. The lowest BCUT2D eigenvalue weighted by Gasteiger charge is -2.17. The van der Waals surface area contributed by atoms with Crippen molar-refractivity contribution in [1.29, 1.82) is 0 Å². The van der Waals surface area contributed by atoms with Crippen LogP contribution in [0.2, 0.25) is 0 Å². The van der Waals surface area contributed by atoms with Crippen LogP contribution in [0.5, 0.6) is 0 Å². The van der Waals surface area contributed by atoms with Crippen LogP contribution < -0.4 is 0 Å². The first-order chi connectivity index (χ1) is 22.8. The Balaban J connectivity index is 1.44. The van der Waals surface area contributed by atoms with Crippen LogP contribution in [0.25, 0.3) is 88.1 Å². The topological polar surface area (TPSA) is 25.8 Å². The summed E-state index contributed by atoms with van der Waals surface area (Å²) in [6, 6.07) is 60.3. The van der Waals surface area contributed by atoms with Crippen molar-refractivity contribution in [2.24, 2.45) is 0 Å². The second-order valence-corrected chi connectivity index (χ2v) is 11.8. The highest BCUT2D eigenvalue weighted by Gasteiger charge is 2.18. The molecule has 0 atom stereocenters. The van der Waals surface area contributed by atoms with Gasteiger partial charge >= 0.3 is 0 Å². The molecule has 0 saturated carbocycles. The number of nitrogens with zero attached hydrogens (tertiary/aromatic N) is 2. The molecule has 0 fully saturated rings. The van der Waals surface area contributed by atoms with Crippen molar-refractivity contribution in [2.75, 3.05) is 0 Å². The SMILES string of the molecule is c1ccc(-c2cc(-c3cccc4ccccc34)c3ccc4c(-c5cccc6ccccc56)cc(-c5ccccc5)nc4c3n2)cc1. The number of hydrogen-bond donors (Lipinski definition) is 0. The number of aromatic nitrogens is 2. The second kappa shape index (κ2) is 10.8. The highest BCUT2D eigenvalue weighted by Crippen LogP contribution is 2.42. The van der Waals surface area contributed by atoms with E-state index in [-0.39, 0.29) is 0 Å². The van der Waals surface area contributed by atoms with Gasteiger partial charge in [0, 0.05) is 21.9 Å². The van der Waals surface area contributed by atoms with Crippen molar-refractivity contribution >= 4 is 43.4 Å². The molecule has 0 saturated heterocycles. The Hall–Kier alpha value is -6.12. The smallest absolute Gasteiger partial charge is 0.0978 e. The van der Waals surface area contributed by atoms with Gasteiger partial charge < -0.3 is 0 Å². The molecule has 2 heterocycles. The minimum atomic E-state index is 0.904. The molecule has 0 N–H and O–H groups in total. The van der Waals surface area contributed by atoms with Gasteiger partial charge in [-0.25, -0.2) is 9.97 Å². The quantitative estimate of drug-likeness (QED) is 0.192. The van der Waals surface area contributed by atoms with Crippen LogP contribution in [0.3, 0.4) is 0 Å². The van der Waals surface area contributed by atoms with E-state index >= 15 is 0 Å². The summed E-state index contributed by atoms with van der Waals surface area (Å²) < 4.78 is 0. The molecule has 0 aliphatic heterocycles. The second-order valence-electron chi connectivity index (χ2n) is 11.8. The van der Waals surface area contributed by atoms with Gasteiger partial charge in [0.25, 0.3) is 0 Å². The van der Waals surface area contributed by atoms with E-state index in [0.29, 0.717) is 0 Å². The molecule has 2 aromatic heterocycles. The van der Waals surface area contributed by atoms with Crippen LogP contribution >= 0.6 is 0 Å². The molecule has 214 valence electrons. The van der Waals surface area contributed by atoms with Crippen molar-refractivity contribution in [2.45, 2.75) is 0 Å². The van der Waals surface area contributed by atoms with Gasteiger partial charge in [-0.05, 0) is 55.9 Å². The van der Waals surface area contributed by atoms with Crippen molar-refractivity contribution < 1.29 is 0 Å². The molecule has 7 aromatic carbocycles. The maximum absolute atomic E-state index is 5.41. The Labute approximate surface area is 267 Å². The van der Waals surface area contributed by atoms with Gasteiger partial charge in [-0.2, -0.15) is 0 Å². The predicted octanol–water partition coefficient (Wildman–Crippen LogP) is 11.8. The van der Waals surface area contributed by atoms with E-state index < -0.39 is 0 Å². The van der Waals surface area contributed by atoms with Crippen LogP contribution in [0, 0.1) is 0 Å². The minimum absolute atomic E-state index is 0.904. The molecule has 9 rings (SSSR count). The summed E-state index contributed by atoms with van der Waals surface area (Å²) in [5.41, 5.74) is 10.5. The molecule has 0 amide bonds. The Kier molecular flexibility index (Phi) is 6.17. The van der Waals surface area contributed by atoms with Crippen LogP contribution in [-0.2, 0) is 0 Å². The highest BCUT2D eigenvalue weighted by molar-refractivity contribution is 6.16. The van der Waals surface area contributed by atoms with E-state index in [1.165, 1.54) is 32.7 Å². The first-order valence-corrected chi connectivity index (χ1v) is 15.7. The van der Waals surface area contributed by atoms with E-state index in [2.05, 4.69) is 170 Å². The Morgan fingerprint density at radius 3 is 1.13 bits per heavy atom. The third kappa shape index (κ3) is 4.35. The largest absolute Gasteiger partial charge is 0.245 e. The third-order valence-electron chi connectivity index (χ3n) is 9.06. The van der Waals surface area contributed by atoms with Crippen LogP contribution in [0.15, 0.2) is 170 Å². The summed E-state index contributed by atoms with van der Waals surface area (Å²) in [5, 5.41) is 7.05. The van der Waals surface area contributed by atoms with Crippen LogP contribution in [0.1, 0.15) is 0 Å². The molecule has 0 bridgehead atoms. The first-order valence-electron chi connectivity index (χ1n) is 15.7. The number of pyridine rings is 2. The van der Waals surface area contributed by atoms with E-state index in [4.69, 9.17) is 9.97 Å². The lowest BCUT2D eigenvalue weighted by Crippen LogP contribution is -1.96. The number of hydrogen-bond acceptors (Lipinski definition) is 2. The zero-order chi connectivity index (χ0) is 30.5. The molecule has 0 spiro atoms. The molecular weight excluding hydrogens is 556 g/mol. The average molecular weight is 585 g/mol. The van der Waals surface area contributed by atoms with Gasteiger partial charge in [0.1, 0.15) is 0 Å². The summed E-state index contributed by atoms with van der Waals surface area (Å²) >= 11 is 0. The van der Waals surface area contributed by atoms with Gasteiger partial charge in [-0.1, -0.05) is 158 Å².